The summed E-state index contributed by atoms with van der Waals surface area (Å²) in [6, 6.07) is 10.7. The van der Waals surface area contributed by atoms with Gasteiger partial charge in [0.05, 0.1) is 11.6 Å². The van der Waals surface area contributed by atoms with Crippen molar-refractivity contribution in [1.82, 2.24) is 14.8 Å². The largest absolute Gasteiger partial charge is 0.357 e. The number of carbonyl (C=O) groups excluding carboxylic acids is 2. The molecule has 0 spiro atoms. The lowest BCUT2D eigenvalue weighted by atomic mass is 10.1. The Balaban J connectivity index is 1.66. The zero-order chi connectivity index (χ0) is 17.8. The first-order valence-electron chi connectivity index (χ1n) is 8.24. The molecule has 2 heterocycles. The number of aromatic nitrogens is 1. The number of hydrogen-bond acceptors (Lipinski definition) is 3. The van der Waals surface area contributed by atoms with Crippen LogP contribution in [0.2, 0.25) is 0 Å². The van der Waals surface area contributed by atoms with Gasteiger partial charge in [-0.25, -0.2) is 0 Å². The summed E-state index contributed by atoms with van der Waals surface area (Å²) in [5.74, 6) is -0.159. The van der Waals surface area contributed by atoms with Crippen LogP contribution in [0.3, 0.4) is 0 Å². The highest BCUT2D eigenvalue weighted by Gasteiger charge is 2.35. The summed E-state index contributed by atoms with van der Waals surface area (Å²) in [5, 5.41) is 11.9. The van der Waals surface area contributed by atoms with E-state index in [9.17, 15) is 9.59 Å². The molecule has 0 radical (unpaired) electrons. The molecule has 0 saturated carbocycles. The second-order valence-corrected chi connectivity index (χ2v) is 6.29. The quantitative estimate of drug-likeness (QED) is 0.903. The van der Waals surface area contributed by atoms with Crippen LogP contribution in [0.4, 0.5) is 0 Å². The lowest BCUT2D eigenvalue weighted by Crippen LogP contribution is -2.44. The number of benzene rings is 1. The van der Waals surface area contributed by atoms with Gasteiger partial charge in [0.15, 0.2) is 0 Å². The van der Waals surface area contributed by atoms with Gasteiger partial charge < -0.3 is 14.8 Å². The predicted octanol–water partition coefficient (Wildman–Crippen LogP) is 1.70. The molecule has 2 amide bonds. The first-order chi connectivity index (χ1) is 12.1. The van der Waals surface area contributed by atoms with Gasteiger partial charge in [0.1, 0.15) is 6.04 Å². The summed E-state index contributed by atoms with van der Waals surface area (Å²) in [5.41, 5.74) is 2.43. The number of carbonyl (C=O) groups is 2. The highest BCUT2D eigenvalue weighted by molar-refractivity contribution is 5.90. The standard InChI is InChI=1S/C19H20N4O2/c1-22-8-7-16(12-22)11-21-19(25)17-5-6-18(24)23(17)13-15-4-2-3-14(9-15)10-20/h2-4,7-9,12,17H,5-6,11,13H2,1H3,(H,21,25). The van der Waals surface area contributed by atoms with Gasteiger partial charge in [-0.1, -0.05) is 12.1 Å². The highest BCUT2D eigenvalue weighted by Crippen LogP contribution is 2.22. The average Bonchev–Trinajstić information content (AvgIpc) is 3.19. The molecule has 0 bridgehead atoms. The third kappa shape index (κ3) is 3.89. The molecule has 25 heavy (non-hydrogen) atoms. The Hall–Kier alpha value is -3.07. The van der Waals surface area contributed by atoms with Crippen LogP contribution in [-0.2, 0) is 29.7 Å². The summed E-state index contributed by atoms with van der Waals surface area (Å²) in [4.78, 5) is 26.3. The molecular weight excluding hydrogens is 316 g/mol. The molecule has 1 aliphatic rings. The molecule has 1 atom stereocenters. The highest BCUT2D eigenvalue weighted by atomic mass is 16.2. The molecule has 0 aliphatic carbocycles. The van der Waals surface area contributed by atoms with Gasteiger partial charge in [0.2, 0.25) is 11.8 Å². The maximum atomic E-state index is 12.5. The fourth-order valence-electron chi connectivity index (χ4n) is 3.11. The Morgan fingerprint density at radius 1 is 1.36 bits per heavy atom. The summed E-state index contributed by atoms with van der Waals surface area (Å²) in [7, 11) is 1.93. The summed E-state index contributed by atoms with van der Waals surface area (Å²) < 4.78 is 1.93. The molecule has 1 N–H and O–H groups in total. The van der Waals surface area contributed by atoms with Gasteiger partial charge in [-0.05, 0) is 35.7 Å². The molecule has 3 rings (SSSR count). The van der Waals surface area contributed by atoms with Gasteiger partial charge in [0.25, 0.3) is 0 Å². The Morgan fingerprint density at radius 3 is 2.92 bits per heavy atom. The van der Waals surface area contributed by atoms with E-state index in [-0.39, 0.29) is 11.8 Å². The van der Waals surface area contributed by atoms with Crippen molar-refractivity contribution in [2.45, 2.75) is 32.0 Å². The van der Waals surface area contributed by atoms with Crippen molar-refractivity contribution in [3.63, 3.8) is 0 Å². The smallest absolute Gasteiger partial charge is 0.243 e. The summed E-state index contributed by atoms with van der Waals surface area (Å²) in [6.45, 7) is 0.792. The number of rotatable bonds is 5. The molecule has 1 aliphatic heterocycles. The molecule has 6 heteroatoms. The molecule has 1 unspecified atom stereocenters. The van der Waals surface area contributed by atoms with E-state index >= 15 is 0 Å². The topological polar surface area (TPSA) is 78.1 Å². The minimum atomic E-state index is -0.457. The Bertz CT molecular complexity index is 834. The number of aryl methyl sites for hydroxylation is 1. The monoisotopic (exact) mass is 336 g/mol. The molecule has 128 valence electrons. The van der Waals surface area contributed by atoms with E-state index in [0.29, 0.717) is 31.5 Å². The normalized spacial score (nSPS) is 16.7. The number of nitriles is 1. The van der Waals surface area contributed by atoms with E-state index in [1.807, 2.05) is 36.1 Å². The molecule has 1 fully saturated rings. The third-order valence-electron chi connectivity index (χ3n) is 4.40. The molecule has 1 aromatic carbocycles. The molecule has 1 aromatic heterocycles. The molecule has 6 nitrogen and oxygen atoms in total. The number of nitrogens with one attached hydrogen (secondary N) is 1. The van der Waals surface area contributed by atoms with E-state index in [1.165, 1.54) is 0 Å². The molecule has 1 saturated heterocycles. The SMILES string of the molecule is Cn1ccc(CNC(=O)C2CCC(=O)N2Cc2cccc(C#N)c2)c1. The van der Waals surface area contributed by atoms with Gasteiger partial charge in [-0.2, -0.15) is 5.26 Å². The average molecular weight is 336 g/mol. The Labute approximate surface area is 146 Å². The first-order valence-corrected chi connectivity index (χ1v) is 8.24. The minimum Gasteiger partial charge on any atom is -0.357 e. The third-order valence-corrected chi connectivity index (χ3v) is 4.40. The second-order valence-electron chi connectivity index (χ2n) is 6.29. The van der Waals surface area contributed by atoms with Crippen LogP contribution in [0.1, 0.15) is 29.5 Å². The van der Waals surface area contributed by atoms with E-state index in [0.717, 1.165) is 11.1 Å². The number of amides is 2. The van der Waals surface area contributed by atoms with Crippen molar-refractivity contribution in [1.29, 1.82) is 5.26 Å². The summed E-state index contributed by atoms with van der Waals surface area (Å²) in [6.07, 6.45) is 4.78. The summed E-state index contributed by atoms with van der Waals surface area (Å²) >= 11 is 0. The second kappa shape index (κ2) is 7.22. The van der Waals surface area contributed by atoms with E-state index in [2.05, 4.69) is 11.4 Å². The zero-order valence-corrected chi connectivity index (χ0v) is 14.1. The van der Waals surface area contributed by atoms with Gasteiger partial charge in [0, 0.05) is 39.0 Å². The van der Waals surface area contributed by atoms with Gasteiger partial charge in [-0.3, -0.25) is 9.59 Å². The lowest BCUT2D eigenvalue weighted by molar-refractivity contribution is -0.135. The van der Waals surface area contributed by atoms with Gasteiger partial charge >= 0.3 is 0 Å². The number of likely N-dealkylation sites (tertiary alicyclic amines) is 1. The van der Waals surface area contributed by atoms with Crippen LogP contribution >= 0.6 is 0 Å². The van der Waals surface area contributed by atoms with Crippen molar-refractivity contribution >= 4 is 11.8 Å². The van der Waals surface area contributed by atoms with Crippen molar-refractivity contribution in [3.05, 3.63) is 59.4 Å². The van der Waals surface area contributed by atoms with Crippen LogP contribution < -0.4 is 5.32 Å². The number of nitrogens with zero attached hydrogens (tertiary/aromatic N) is 3. The van der Waals surface area contributed by atoms with Crippen LogP contribution in [-0.4, -0.2) is 27.3 Å². The maximum Gasteiger partial charge on any atom is 0.243 e. The van der Waals surface area contributed by atoms with Crippen LogP contribution in [0.15, 0.2) is 42.7 Å². The minimum absolute atomic E-state index is 0.0257. The first kappa shape index (κ1) is 16.8. The molecule has 2 aromatic rings. The fourth-order valence-corrected chi connectivity index (χ4v) is 3.11. The fraction of sp³-hybridized carbons (Fsp3) is 0.316. The Kier molecular flexibility index (Phi) is 4.85. The van der Waals surface area contributed by atoms with E-state index < -0.39 is 6.04 Å². The maximum absolute atomic E-state index is 12.5. The van der Waals surface area contributed by atoms with Crippen LogP contribution in [0, 0.1) is 11.3 Å². The van der Waals surface area contributed by atoms with Crippen molar-refractivity contribution < 1.29 is 9.59 Å². The van der Waals surface area contributed by atoms with Crippen LogP contribution in [0.25, 0.3) is 0 Å². The van der Waals surface area contributed by atoms with Crippen LogP contribution in [0.5, 0.6) is 0 Å². The van der Waals surface area contributed by atoms with Gasteiger partial charge in [-0.15, -0.1) is 0 Å². The predicted molar refractivity (Wildman–Crippen MR) is 92.0 cm³/mol. The lowest BCUT2D eigenvalue weighted by Gasteiger charge is -2.24. The number of hydrogen-bond donors (Lipinski definition) is 1. The van der Waals surface area contributed by atoms with Crippen molar-refractivity contribution in [2.75, 3.05) is 0 Å². The van der Waals surface area contributed by atoms with Crippen molar-refractivity contribution in [2.24, 2.45) is 7.05 Å². The Morgan fingerprint density at radius 2 is 2.20 bits per heavy atom. The van der Waals surface area contributed by atoms with E-state index in [1.54, 1.807) is 23.1 Å². The van der Waals surface area contributed by atoms with E-state index in [4.69, 9.17) is 5.26 Å². The zero-order valence-electron chi connectivity index (χ0n) is 14.1. The van der Waals surface area contributed by atoms with Crippen molar-refractivity contribution in [3.8, 4) is 6.07 Å². The molecular formula is C19H20N4O2.